The highest BCUT2D eigenvalue weighted by Gasteiger charge is 2.20. The van der Waals surface area contributed by atoms with Gasteiger partial charge in [0.2, 0.25) is 5.78 Å². The van der Waals surface area contributed by atoms with Gasteiger partial charge in [-0.25, -0.2) is 4.79 Å². The molecule has 16 heavy (non-hydrogen) atoms. The number of fused-ring (bicyclic) bond motifs is 1. The Morgan fingerprint density at radius 3 is 2.75 bits per heavy atom. The van der Waals surface area contributed by atoms with Gasteiger partial charge in [0, 0.05) is 12.0 Å². The lowest BCUT2D eigenvalue weighted by atomic mass is 10.1. The molecule has 0 aliphatic carbocycles. The number of carboxylic acid groups (broad SMARTS) is 1. The minimum Gasteiger partial charge on any atom is -0.486 e. The number of carbonyl (C=O) groups excluding carboxylic acids is 1. The average Bonchev–Trinajstić information content (AvgIpc) is 2.29. The Balaban J connectivity index is 2.27. The molecule has 2 rings (SSSR count). The predicted octanol–water partition coefficient (Wildman–Crippen LogP) is 0.654. The fourth-order valence-corrected chi connectivity index (χ4v) is 1.52. The highest BCUT2D eigenvalue weighted by Crippen LogP contribution is 2.33. The molecule has 1 aromatic rings. The number of rotatable bonds is 3. The second kappa shape index (κ2) is 4.22. The van der Waals surface area contributed by atoms with Gasteiger partial charge in [-0.2, -0.15) is 0 Å². The standard InChI is InChI=1S/C11H10O5/c12-8(11(13)14)6-7-2-1-3-9-10(7)16-5-4-15-9/h1-3H,4-6H2,(H,13,14). The maximum Gasteiger partial charge on any atom is 0.372 e. The molecule has 0 amide bonds. The fraction of sp³-hybridized carbons (Fsp3) is 0.273. The van der Waals surface area contributed by atoms with Gasteiger partial charge >= 0.3 is 5.97 Å². The first kappa shape index (κ1) is 10.5. The van der Waals surface area contributed by atoms with Crippen LogP contribution in [-0.2, 0) is 16.0 Å². The molecule has 1 aliphatic rings. The summed E-state index contributed by atoms with van der Waals surface area (Å²) in [6.07, 6.45) is -0.179. The van der Waals surface area contributed by atoms with Gasteiger partial charge in [-0.05, 0) is 6.07 Å². The van der Waals surface area contributed by atoms with Crippen LogP contribution < -0.4 is 9.47 Å². The predicted molar refractivity (Wildman–Crippen MR) is 53.8 cm³/mol. The molecule has 0 fully saturated rings. The summed E-state index contributed by atoms with van der Waals surface area (Å²) in [7, 11) is 0. The van der Waals surface area contributed by atoms with E-state index in [9.17, 15) is 9.59 Å². The van der Waals surface area contributed by atoms with Crippen LogP contribution in [0.1, 0.15) is 5.56 Å². The molecule has 0 bridgehead atoms. The van der Waals surface area contributed by atoms with Crippen LogP contribution in [-0.4, -0.2) is 30.1 Å². The van der Waals surface area contributed by atoms with Crippen molar-refractivity contribution in [3.8, 4) is 11.5 Å². The monoisotopic (exact) mass is 222 g/mol. The third-order valence-corrected chi connectivity index (χ3v) is 2.24. The van der Waals surface area contributed by atoms with Crippen molar-refractivity contribution in [2.75, 3.05) is 13.2 Å². The lowest BCUT2D eigenvalue weighted by molar-refractivity contribution is -0.148. The Morgan fingerprint density at radius 1 is 1.25 bits per heavy atom. The van der Waals surface area contributed by atoms with Gasteiger partial charge in [0.25, 0.3) is 0 Å². The lowest BCUT2D eigenvalue weighted by Crippen LogP contribution is -2.19. The Morgan fingerprint density at radius 2 is 2.00 bits per heavy atom. The Hall–Kier alpha value is -2.04. The molecular weight excluding hydrogens is 212 g/mol. The molecule has 1 aliphatic heterocycles. The van der Waals surface area contributed by atoms with E-state index in [1.807, 2.05) is 0 Å². The number of benzene rings is 1. The highest BCUT2D eigenvalue weighted by atomic mass is 16.6. The molecule has 0 radical (unpaired) electrons. The number of carbonyl (C=O) groups is 2. The van der Waals surface area contributed by atoms with Crippen molar-refractivity contribution in [3.63, 3.8) is 0 Å². The van der Waals surface area contributed by atoms with E-state index in [2.05, 4.69) is 0 Å². The summed E-state index contributed by atoms with van der Waals surface area (Å²) in [6, 6.07) is 5.09. The smallest absolute Gasteiger partial charge is 0.372 e. The maximum absolute atomic E-state index is 11.1. The average molecular weight is 222 g/mol. The second-order valence-electron chi connectivity index (χ2n) is 3.35. The summed E-state index contributed by atoms with van der Waals surface area (Å²) >= 11 is 0. The van der Waals surface area contributed by atoms with E-state index in [4.69, 9.17) is 14.6 Å². The molecule has 0 saturated heterocycles. The van der Waals surface area contributed by atoms with Crippen LogP contribution in [0.15, 0.2) is 18.2 Å². The Kier molecular flexibility index (Phi) is 2.76. The molecule has 0 aromatic heterocycles. The first-order valence-corrected chi connectivity index (χ1v) is 4.82. The first-order valence-electron chi connectivity index (χ1n) is 4.82. The lowest BCUT2D eigenvalue weighted by Gasteiger charge is -2.20. The minimum absolute atomic E-state index is 0.179. The third kappa shape index (κ3) is 1.98. The molecule has 0 saturated carbocycles. The van der Waals surface area contributed by atoms with Gasteiger partial charge in [-0.15, -0.1) is 0 Å². The number of para-hydroxylation sites is 1. The molecule has 1 heterocycles. The van der Waals surface area contributed by atoms with E-state index in [-0.39, 0.29) is 6.42 Å². The van der Waals surface area contributed by atoms with Crippen molar-refractivity contribution in [2.45, 2.75) is 6.42 Å². The van der Waals surface area contributed by atoms with E-state index < -0.39 is 11.8 Å². The molecule has 0 spiro atoms. The number of aliphatic carboxylic acids is 1. The molecule has 0 atom stereocenters. The van der Waals surface area contributed by atoms with Gasteiger partial charge in [0.1, 0.15) is 13.2 Å². The van der Waals surface area contributed by atoms with E-state index in [1.54, 1.807) is 18.2 Å². The molecule has 1 aromatic carbocycles. The van der Waals surface area contributed by atoms with Crippen molar-refractivity contribution >= 4 is 11.8 Å². The zero-order valence-electron chi connectivity index (χ0n) is 8.43. The quantitative estimate of drug-likeness (QED) is 0.760. The Labute approximate surface area is 91.6 Å². The number of ether oxygens (including phenoxy) is 2. The topological polar surface area (TPSA) is 72.8 Å². The maximum atomic E-state index is 11.1. The second-order valence-corrected chi connectivity index (χ2v) is 3.35. The highest BCUT2D eigenvalue weighted by molar-refractivity contribution is 6.33. The first-order chi connectivity index (χ1) is 7.68. The van der Waals surface area contributed by atoms with Gasteiger partial charge < -0.3 is 14.6 Å². The summed E-state index contributed by atoms with van der Waals surface area (Å²) in [5.74, 6) is -1.26. The van der Waals surface area contributed by atoms with Crippen LogP contribution in [0.4, 0.5) is 0 Å². The van der Waals surface area contributed by atoms with Crippen LogP contribution in [0.5, 0.6) is 11.5 Å². The molecule has 5 nitrogen and oxygen atoms in total. The summed E-state index contributed by atoms with van der Waals surface area (Å²) in [6.45, 7) is 0.870. The van der Waals surface area contributed by atoms with Gasteiger partial charge in [0.15, 0.2) is 11.5 Å². The van der Waals surface area contributed by atoms with Gasteiger partial charge in [0.05, 0.1) is 0 Å². The molecule has 5 heteroatoms. The molecule has 1 N–H and O–H groups in total. The number of Topliss-reactive ketones (excluding diaryl/α,β-unsaturated/α-hetero) is 1. The van der Waals surface area contributed by atoms with Crippen molar-refractivity contribution in [1.82, 2.24) is 0 Å². The van der Waals surface area contributed by atoms with E-state index in [0.717, 1.165) is 0 Å². The SMILES string of the molecule is O=C(O)C(=O)Cc1cccc2c1OCCO2. The molecular formula is C11H10O5. The summed E-state index contributed by atoms with van der Waals surface area (Å²) in [5.41, 5.74) is 0.546. The van der Waals surface area contributed by atoms with Crippen LogP contribution in [0.2, 0.25) is 0 Å². The summed E-state index contributed by atoms with van der Waals surface area (Å²) in [4.78, 5) is 21.6. The zero-order chi connectivity index (χ0) is 11.5. The van der Waals surface area contributed by atoms with Gasteiger partial charge in [-0.1, -0.05) is 12.1 Å². The van der Waals surface area contributed by atoms with E-state index in [1.165, 1.54) is 0 Å². The molecule has 84 valence electrons. The minimum atomic E-state index is -1.44. The summed E-state index contributed by atoms with van der Waals surface area (Å²) < 4.78 is 10.7. The van der Waals surface area contributed by atoms with Gasteiger partial charge in [-0.3, -0.25) is 4.79 Å². The number of hydrogen-bond donors (Lipinski definition) is 1. The number of carboxylic acids is 1. The van der Waals surface area contributed by atoms with Crippen LogP contribution in [0.3, 0.4) is 0 Å². The van der Waals surface area contributed by atoms with E-state index in [0.29, 0.717) is 30.3 Å². The van der Waals surface area contributed by atoms with Crippen molar-refractivity contribution in [1.29, 1.82) is 0 Å². The van der Waals surface area contributed by atoms with Crippen LogP contribution in [0, 0.1) is 0 Å². The molecule has 0 unspecified atom stereocenters. The zero-order valence-corrected chi connectivity index (χ0v) is 8.43. The number of ketones is 1. The van der Waals surface area contributed by atoms with Crippen LogP contribution >= 0.6 is 0 Å². The summed E-state index contributed by atoms with van der Waals surface area (Å²) in [5, 5.41) is 8.53. The Bertz CT molecular complexity index is 438. The third-order valence-electron chi connectivity index (χ3n) is 2.24. The van der Waals surface area contributed by atoms with Crippen molar-refractivity contribution in [2.24, 2.45) is 0 Å². The largest absolute Gasteiger partial charge is 0.486 e. The van der Waals surface area contributed by atoms with E-state index >= 15 is 0 Å². The van der Waals surface area contributed by atoms with Crippen molar-refractivity contribution < 1.29 is 24.2 Å². The van der Waals surface area contributed by atoms with Crippen molar-refractivity contribution in [3.05, 3.63) is 23.8 Å². The van der Waals surface area contributed by atoms with Crippen LogP contribution in [0.25, 0.3) is 0 Å². The normalized spacial score (nSPS) is 13.2. The number of hydrogen-bond acceptors (Lipinski definition) is 4. The fourth-order valence-electron chi connectivity index (χ4n) is 1.52.